The standard InChI is InChI=1S/C17H9F3O2/c18-17(19,20)14-10-6-4-8-2-1-3-9-5-7-11(13(10)12(8)9)15(21)16(14)22/h1-7,21-22H. The van der Waals surface area contributed by atoms with Crippen LogP contribution in [0.3, 0.4) is 0 Å². The molecule has 4 aromatic carbocycles. The maximum Gasteiger partial charge on any atom is 0.420 e. The lowest BCUT2D eigenvalue weighted by Gasteiger charge is -2.18. The minimum Gasteiger partial charge on any atom is -0.504 e. The van der Waals surface area contributed by atoms with Gasteiger partial charge in [0, 0.05) is 10.8 Å². The predicted molar refractivity (Wildman–Crippen MR) is 78.5 cm³/mol. The minimum atomic E-state index is -4.76. The van der Waals surface area contributed by atoms with E-state index in [1.54, 1.807) is 24.3 Å². The highest BCUT2D eigenvalue weighted by Crippen LogP contribution is 2.50. The lowest BCUT2D eigenvalue weighted by atomic mass is 9.90. The number of benzene rings is 4. The van der Waals surface area contributed by atoms with Crippen LogP contribution in [0.1, 0.15) is 5.56 Å². The fraction of sp³-hybridized carbons (Fsp3) is 0.0588. The van der Waals surface area contributed by atoms with E-state index in [1.165, 1.54) is 12.1 Å². The van der Waals surface area contributed by atoms with Gasteiger partial charge in [-0.25, -0.2) is 0 Å². The lowest BCUT2D eigenvalue weighted by molar-refractivity contribution is -0.137. The van der Waals surface area contributed by atoms with Gasteiger partial charge in [-0.1, -0.05) is 36.4 Å². The Morgan fingerprint density at radius 3 is 1.86 bits per heavy atom. The summed E-state index contributed by atoms with van der Waals surface area (Å²) in [4.78, 5) is 0. The molecule has 0 bridgehead atoms. The molecule has 0 spiro atoms. The van der Waals surface area contributed by atoms with Gasteiger partial charge in [0.2, 0.25) is 0 Å². The quantitative estimate of drug-likeness (QED) is 0.354. The SMILES string of the molecule is Oc1c(O)c2ccc3cccc4ccc(c1C(F)(F)F)c2c34. The molecule has 4 rings (SSSR count). The molecule has 0 aliphatic rings. The third-order valence-corrected chi connectivity index (χ3v) is 4.05. The van der Waals surface area contributed by atoms with Gasteiger partial charge in [0.25, 0.3) is 0 Å². The number of hydrogen-bond donors (Lipinski definition) is 2. The highest BCUT2D eigenvalue weighted by molar-refractivity contribution is 6.25. The summed E-state index contributed by atoms with van der Waals surface area (Å²) < 4.78 is 40.0. The maximum atomic E-state index is 13.3. The zero-order valence-corrected chi connectivity index (χ0v) is 11.1. The van der Waals surface area contributed by atoms with Gasteiger partial charge in [0.05, 0.1) is 0 Å². The fourth-order valence-corrected chi connectivity index (χ4v) is 3.15. The van der Waals surface area contributed by atoms with E-state index < -0.39 is 23.2 Å². The molecule has 0 fully saturated rings. The Bertz CT molecular complexity index is 1020. The zero-order chi connectivity index (χ0) is 15.6. The number of alkyl halides is 3. The third kappa shape index (κ3) is 1.51. The highest BCUT2D eigenvalue weighted by Gasteiger charge is 2.38. The van der Waals surface area contributed by atoms with Crippen molar-refractivity contribution in [1.29, 1.82) is 0 Å². The van der Waals surface area contributed by atoms with Gasteiger partial charge >= 0.3 is 6.18 Å². The number of phenolic OH excluding ortho intramolecular Hbond substituents is 2. The highest BCUT2D eigenvalue weighted by atomic mass is 19.4. The molecule has 0 unspecified atom stereocenters. The largest absolute Gasteiger partial charge is 0.504 e. The van der Waals surface area contributed by atoms with E-state index in [9.17, 15) is 23.4 Å². The minimum absolute atomic E-state index is 0.109. The molecular weight excluding hydrogens is 293 g/mol. The molecular formula is C17H9F3O2. The van der Waals surface area contributed by atoms with E-state index in [-0.39, 0.29) is 10.8 Å². The second-order valence-electron chi connectivity index (χ2n) is 5.25. The molecule has 0 atom stereocenters. The van der Waals surface area contributed by atoms with Crippen molar-refractivity contribution in [3.05, 3.63) is 48.0 Å². The summed E-state index contributed by atoms with van der Waals surface area (Å²) >= 11 is 0. The summed E-state index contributed by atoms with van der Waals surface area (Å²) in [6.45, 7) is 0. The van der Waals surface area contributed by atoms with Crippen LogP contribution in [0.2, 0.25) is 0 Å². The number of halogens is 3. The van der Waals surface area contributed by atoms with Crippen LogP contribution >= 0.6 is 0 Å². The van der Waals surface area contributed by atoms with Crippen molar-refractivity contribution < 1.29 is 23.4 Å². The van der Waals surface area contributed by atoms with Gasteiger partial charge in [-0.15, -0.1) is 0 Å². The second kappa shape index (κ2) is 3.94. The Labute approximate surface area is 122 Å². The van der Waals surface area contributed by atoms with E-state index in [0.717, 1.165) is 10.8 Å². The van der Waals surface area contributed by atoms with Gasteiger partial charge in [-0.2, -0.15) is 13.2 Å². The van der Waals surface area contributed by atoms with E-state index >= 15 is 0 Å². The number of aromatic hydroxyl groups is 2. The van der Waals surface area contributed by atoms with Crippen LogP contribution in [0, 0.1) is 0 Å². The van der Waals surface area contributed by atoms with Crippen LogP contribution in [-0.2, 0) is 6.18 Å². The van der Waals surface area contributed by atoms with E-state index in [4.69, 9.17) is 0 Å². The first-order valence-electron chi connectivity index (χ1n) is 6.58. The molecule has 110 valence electrons. The third-order valence-electron chi connectivity index (χ3n) is 4.05. The molecule has 0 saturated carbocycles. The van der Waals surface area contributed by atoms with E-state index in [1.807, 2.05) is 6.07 Å². The molecule has 5 heteroatoms. The summed E-state index contributed by atoms with van der Waals surface area (Å²) in [7, 11) is 0. The van der Waals surface area contributed by atoms with Crippen molar-refractivity contribution in [1.82, 2.24) is 0 Å². The lowest BCUT2D eigenvalue weighted by Crippen LogP contribution is -2.07. The monoisotopic (exact) mass is 302 g/mol. The van der Waals surface area contributed by atoms with Crippen molar-refractivity contribution >= 4 is 32.3 Å². The van der Waals surface area contributed by atoms with Crippen LogP contribution in [0.4, 0.5) is 13.2 Å². The van der Waals surface area contributed by atoms with Gasteiger partial charge in [0.15, 0.2) is 11.5 Å². The average Bonchev–Trinajstić information content (AvgIpc) is 2.47. The molecule has 0 aliphatic carbocycles. The van der Waals surface area contributed by atoms with Crippen LogP contribution in [-0.4, -0.2) is 10.2 Å². The molecule has 4 aromatic rings. The molecule has 2 nitrogen and oxygen atoms in total. The summed E-state index contributed by atoms with van der Waals surface area (Å²) in [6.07, 6.45) is -4.76. The topological polar surface area (TPSA) is 40.5 Å². The smallest absolute Gasteiger partial charge is 0.420 e. The summed E-state index contributed by atoms with van der Waals surface area (Å²) in [5.74, 6) is -1.86. The van der Waals surface area contributed by atoms with Crippen molar-refractivity contribution in [2.75, 3.05) is 0 Å². The predicted octanol–water partition coefficient (Wildman–Crippen LogP) is 5.01. The first-order chi connectivity index (χ1) is 10.4. The summed E-state index contributed by atoms with van der Waals surface area (Å²) in [5.41, 5.74) is -1.20. The fourth-order valence-electron chi connectivity index (χ4n) is 3.15. The number of rotatable bonds is 0. The molecule has 0 aliphatic heterocycles. The van der Waals surface area contributed by atoms with Crippen LogP contribution in [0.5, 0.6) is 11.5 Å². The van der Waals surface area contributed by atoms with Crippen LogP contribution < -0.4 is 0 Å². The van der Waals surface area contributed by atoms with Gasteiger partial charge in [0.1, 0.15) is 5.56 Å². The van der Waals surface area contributed by atoms with Crippen molar-refractivity contribution in [2.24, 2.45) is 0 Å². The molecule has 0 radical (unpaired) electrons. The first-order valence-corrected chi connectivity index (χ1v) is 6.58. The van der Waals surface area contributed by atoms with Crippen molar-refractivity contribution in [2.45, 2.75) is 6.18 Å². The van der Waals surface area contributed by atoms with Crippen molar-refractivity contribution in [3.63, 3.8) is 0 Å². The molecule has 2 N–H and O–H groups in total. The normalized spacial score (nSPS) is 12.7. The zero-order valence-electron chi connectivity index (χ0n) is 11.1. The van der Waals surface area contributed by atoms with E-state index in [0.29, 0.717) is 10.8 Å². The average molecular weight is 302 g/mol. The van der Waals surface area contributed by atoms with Crippen molar-refractivity contribution in [3.8, 4) is 11.5 Å². The molecule has 0 aromatic heterocycles. The van der Waals surface area contributed by atoms with Gasteiger partial charge in [-0.3, -0.25) is 0 Å². The van der Waals surface area contributed by atoms with Gasteiger partial charge in [-0.05, 0) is 27.6 Å². The Hall–Kier alpha value is -2.69. The Morgan fingerprint density at radius 2 is 1.27 bits per heavy atom. The molecule has 22 heavy (non-hydrogen) atoms. The second-order valence-corrected chi connectivity index (χ2v) is 5.25. The summed E-state index contributed by atoms with van der Waals surface area (Å²) in [6, 6.07) is 11.6. The number of phenols is 2. The van der Waals surface area contributed by atoms with Crippen LogP contribution in [0.25, 0.3) is 32.3 Å². The molecule has 0 heterocycles. The Balaban J connectivity index is 2.39. The van der Waals surface area contributed by atoms with Gasteiger partial charge < -0.3 is 10.2 Å². The molecule has 0 saturated heterocycles. The first kappa shape index (κ1) is 13.0. The number of hydrogen-bond acceptors (Lipinski definition) is 2. The summed E-state index contributed by atoms with van der Waals surface area (Å²) in [5, 5.41) is 22.5. The van der Waals surface area contributed by atoms with E-state index in [2.05, 4.69) is 0 Å². The Kier molecular flexibility index (Phi) is 2.33. The maximum absolute atomic E-state index is 13.3. The Morgan fingerprint density at radius 1 is 0.682 bits per heavy atom. The molecule has 0 amide bonds. The van der Waals surface area contributed by atoms with Crippen LogP contribution in [0.15, 0.2) is 42.5 Å².